The van der Waals surface area contributed by atoms with Crippen molar-refractivity contribution in [3.63, 3.8) is 0 Å². The molecule has 0 aliphatic carbocycles. The molecule has 0 spiro atoms. The summed E-state index contributed by atoms with van der Waals surface area (Å²) >= 11 is 0. The molecule has 112 valence electrons. The third-order valence-electron chi connectivity index (χ3n) is 3.53. The second-order valence-electron chi connectivity index (χ2n) is 5.19. The van der Waals surface area contributed by atoms with Crippen molar-refractivity contribution in [3.05, 3.63) is 52.8 Å². The molecule has 0 amide bonds. The summed E-state index contributed by atoms with van der Waals surface area (Å²) in [6, 6.07) is 7.86. The molecule has 1 heterocycles. The van der Waals surface area contributed by atoms with Crippen molar-refractivity contribution >= 4 is 0 Å². The van der Waals surface area contributed by atoms with Crippen molar-refractivity contribution in [2.45, 2.75) is 33.4 Å². The van der Waals surface area contributed by atoms with Gasteiger partial charge < -0.3 is 15.2 Å². The molecule has 2 aromatic rings. The molecule has 0 unspecified atom stereocenters. The van der Waals surface area contributed by atoms with Gasteiger partial charge in [0.2, 0.25) is 0 Å². The van der Waals surface area contributed by atoms with E-state index in [9.17, 15) is 0 Å². The molecule has 2 N–H and O–H groups in total. The summed E-state index contributed by atoms with van der Waals surface area (Å²) < 4.78 is 11.2. The predicted molar refractivity (Wildman–Crippen MR) is 83.6 cm³/mol. The number of nitrogens with zero attached hydrogens (tertiary/aromatic N) is 1. The lowest BCUT2D eigenvalue weighted by atomic mass is 10.1. The van der Waals surface area contributed by atoms with Crippen LogP contribution >= 0.6 is 0 Å². The molecule has 4 nitrogen and oxygen atoms in total. The van der Waals surface area contributed by atoms with E-state index in [4.69, 9.17) is 15.2 Å². The Morgan fingerprint density at radius 3 is 2.43 bits per heavy atom. The average Bonchev–Trinajstić information content (AvgIpc) is 2.47. The van der Waals surface area contributed by atoms with Crippen LogP contribution in [0.4, 0.5) is 0 Å². The molecule has 0 radical (unpaired) electrons. The highest BCUT2D eigenvalue weighted by molar-refractivity contribution is 5.41. The van der Waals surface area contributed by atoms with E-state index in [1.54, 1.807) is 7.11 Å². The minimum Gasteiger partial charge on any atom is -0.496 e. The van der Waals surface area contributed by atoms with Gasteiger partial charge in [0.1, 0.15) is 18.1 Å². The van der Waals surface area contributed by atoms with Crippen molar-refractivity contribution in [1.82, 2.24) is 4.98 Å². The number of benzene rings is 1. The fraction of sp³-hybridized carbons (Fsp3) is 0.353. The molecule has 1 atom stereocenters. The predicted octanol–water partition coefficient (Wildman–Crippen LogP) is 3.31. The maximum absolute atomic E-state index is 5.83. The van der Waals surface area contributed by atoms with E-state index < -0.39 is 0 Å². The van der Waals surface area contributed by atoms with Crippen molar-refractivity contribution < 1.29 is 9.47 Å². The van der Waals surface area contributed by atoms with E-state index in [-0.39, 0.29) is 6.04 Å². The SMILES string of the molecule is COc1c(C)cnc(COc2ccc([C@H](C)N)cc2)c1C. The van der Waals surface area contributed by atoms with Crippen LogP contribution in [0.5, 0.6) is 11.5 Å². The minimum absolute atomic E-state index is 0.0318. The third-order valence-corrected chi connectivity index (χ3v) is 3.53. The minimum atomic E-state index is 0.0318. The highest BCUT2D eigenvalue weighted by atomic mass is 16.5. The van der Waals surface area contributed by atoms with Gasteiger partial charge in [0, 0.05) is 23.4 Å². The quantitative estimate of drug-likeness (QED) is 0.916. The van der Waals surface area contributed by atoms with Gasteiger partial charge >= 0.3 is 0 Å². The molecule has 0 fully saturated rings. The Kier molecular flexibility index (Phi) is 4.81. The lowest BCUT2D eigenvalue weighted by Crippen LogP contribution is -2.05. The topological polar surface area (TPSA) is 57.4 Å². The second kappa shape index (κ2) is 6.59. The van der Waals surface area contributed by atoms with Gasteiger partial charge in [-0.2, -0.15) is 0 Å². The molecular formula is C17H22N2O2. The summed E-state index contributed by atoms with van der Waals surface area (Å²) in [6.45, 7) is 6.36. The number of ether oxygens (including phenoxy) is 2. The van der Waals surface area contributed by atoms with Crippen molar-refractivity contribution in [3.8, 4) is 11.5 Å². The molecule has 1 aromatic heterocycles. The molecule has 0 saturated heterocycles. The molecule has 0 saturated carbocycles. The van der Waals surface area contributed by atoms with Crippen LogP contribution < -0.4 is 15.2 Å². The average molecular weight is 286 g/mol. The number of hydrogen-bond acceptors (Lipinski definition) is 4. The summed E-state index contributed by atoms with van der Waals surface area (Å²) in [5, 5.41) is 0. The molecule has 0 aliphatic heterocycles. The number of aryl methyl sites for hydroxylation is 1. The molecule has 21 heavy (non-hydrogen) atoms. The van der Waals surface area contributed by atoms with Crippen LogP contribution in [0.2, 0.25) is 0 Å². The number of hydrogen-bond donors (Lipinski definition) is 1. The zero-order chi connectivity index (χ0) is 15.4. The standard InChI is InChI=1S/C17H22N2O2/c1-11-9-19-16(12(2)17(11)20-4)10-21-15-7-5-14(6-8-15)13(3)18/h5-9,13H,10,18H2,1-4H3/t13-/m0/s1. The van der Waals surface area contributed by atoms with E-state index in [0.717, 1.165) is 33.9 Å². The van der Waals surface area contributed by atoms with E-state index in [1.807, 2.05) is 51.2 Å². The monoisotopic (exact) mass is 286 g/mol. The van der Waals surface area contributed by atoms with E-state index in [0.29, 0.717) is 6.61 Å². The lowest BCUT2D eigenvalue weighted by Gasteiger charge is -2.13. The highest BCUT2D eigenvalue weighted by Gasteiger charge is 2.10. The van der Waals surface area contributed by atoms with Crippen molar-refractivity contribution in [2.75, 3.05) is 7.11 Å². The smallest absolute Gasteiger partial charge is 0.131 e. The maximum Gasteiger partial charge on any atom is 0.131 e. The Morgan fingerprint density at radius 1 is 1.19 bits per heavy atom. The van der Waals surface area contributed by atoms with Gasteiger partial charge in [0.05, 0.1) is 12.8 Å². The van der Waals surface area contributed by atoms with E-state index in [1.165, 1.54) is 0 Å². The van der Waals surface area contributed by atoms with Gasteiger partial charge in [0.15, 0.2) is 0 Å². The molecule has 2 rings (SSSR count). The Balaban J connectivity index is 2.09. The Bertz CT molecular complexity index is 607. The Hall–Kier alpha value is -2.07. The molecule has 4 heteroatoms. The third kappa shape index (κ3) is 3.52. The van der Waals surface area contributed by atoms with Gasteiger partial charge in [-0.05, 0) is 38.5 Å². The fourth-order valence-electron chi connectivity index (χ4n) is 2.24. The maximum atomic E-state index is 5.83. The van der Waals surface area contributed by atoms with Crippen LogP contribution in [0.15, 0.2) is 30.5 Å². The largest absolute Gasteiger partial charge is 0.496 e. The first kappa shape index (κ1) is 15.3. The van der Waals surface area contributed by atoms with Gasteiger partial charge in [-0.1, -0.05) is 12.1 Å². The van der Waals surface area contributed by atoms with Crippen LogP contribution in [0.25, 0.3) is 0 Å². The fourth-order valence-corrected chi connectivity index (χ4v) is 2.24. The van der Waals surface area contributed by atoms with Crippen LogP contribution in [-0.2, 0) is 6.61 Å². The van der Waals surface area contributed by atoms with Gasteiger partial charge in [-0.15, -0.1) is 0 Å². The normalized spacial score (nSPS) is 12.0. The molecular weight excluding hydrogens is 264 g/mol. The first-order chi connectivity index (χ1) is 10.0. The molecule has 0 aliphatic rings. The summed E-state index contributed by atoms with van der Waals surface area (Å²) in [7, 11) is 1.67. The summed E-state index contributed by atoms with van der Waals surface area (Å²) in [4.78, 5) is 4.42. The number of pyridine rings is 1. The summed E-state index contributed by atoms with van der Waals surface area (Å²) in [6.07, 6.45) is 1.81. The molecule has 0 bridgehead atoms. The zero-order valence-electron chi connectivity index (χ0n) is 13.0. The second-order valence-corrected chi connectivity index (χ2v) is 5.19. The number of methoxy groups -OCH3 is 1. The first-order valence-electron chi connectivity index (χ1n) is 7.00. The number of rotatable bonds is 5. The van der Waals surface area contributed by atoms with Gasteiger partial charge in [0.25, 0.3) is 0 Å². The highest BCUT2D eigenvalue weighted by Crippen LogP contribution is 2.25. The van der Waals surface area contributed by atoms with Crippen LogP contribution in [0, 0.1) is 13.8 Å². The van der Waals surface area contributed by atoms with E-state index in [2.05, 4.69) is 4.98 Å². The van der Waals surface area contributed by atoms with Crippen LogP contribution in [0.1, 0.15) is 35.3 Å². The van der Waals surface area contributed by atoms with Crippen molar-refractivity contribution in [2.24, 2.45) is 5.73 Å². The van der Waals surface area contributed by atoms with Crippen LogP contribution in [-0.4, -0.2) is 12.1 Å². The van der Waals surface area contributed by atoms with E-state index >= 15 is 0 Å². The number of nitrogens with two attached hydrogens (primary N) is 1. The van der Waals surface area contributed by atoms with Crippen molar-refractivity contribution in [1.29, 1.82) is 0 Å². The zero-order valence-corrected chi connectivity index (χ0v) is 13.0. The Morgan fingerprint density at radius 2 is 1.86 bits per heavy atom. The first-order valence-corrected chi connectivity index (χ1v) is 7.00. The summed E-state index contributed by atoms with van der Waals surface area (Å²) in [5.41, 5.74) is 9.85. The lowest BCUT2D eigenvalue weighted by molar-refractivity contribution is 0.298. The summed E-state index contributed by atoms with van der Waals surface area (Å²) in [5.74, 6) is 1.68. The van der Waals surface area contributed by atoms with Gasteiger partial charge in [-0.25, -0.2) is 0 Å². The van der Waals surface area contributed by atoms with Gasteiger partial charge in [-0.3, -0.25) is 4.98 Å². The Labute approximate surface area is 125 Å². The van der Waals surface area contributed by atoms with Crippen LogP contribution in [0.3, 0.4) is 0 Å². The number of aromatic nitrogens is 1. The molecule has 1 aromatic carbocycles.